The summed E-state index contributed by atoms with van der Waals surface area (Å²) < 4.78 is 0. The summed E-state index contributed by atoms with van der Waals surface area (Å²) in [4.78, 5) is 11.0. The topological polar surface area (TPSA) is 71.6 Å². The first kappa shape index (κ1) is 17.0. The number of benzene rings is 1. The maximum Gasteiger partial charge on any atom is 1.00 e. The second kappa shape index (κ2) is 8.14. The van der Waals surface area contributed by atoms with Crippen LogP contribution in [0.1, 0.15) is 25.8 Å². The maximum atomic E-state index is 11.0. The zero-order chi connectivity index (χ0) is 12.8. The predicted octanol–water partition coefficient (Wildman–Crippen LogP) is 2.76. The quantitative estimate of drug-likeness (QED) is 0.793. The first-order valence-electron chi connectivity index (χ1n) is 5.67. The number of nitrogens with zero attached hydrogens (tertiary/aromatic N) is 1. The minimum absolute atomic E-state index is 0. The van der Waals surface area contributed by atoms with E-state index in [9.17, 15) is 9.90 Å². The summed E-state index contributed by atoms with van der Waals surface area (Å²) in [5, 5.41) is 22.7. The second-order valence-electron chi connectivity index (χ2n) is 4.45. The Morgan fingerprint density at radius 1 is 1.33 bits per heavy atom. The number of para-hydroxylation sites is 1. The average molecular weight is 300 g/mol. The molecule has 0 heterocycles. The molecule has 1 atom stereocenters. The van der Waals surface area contributed by atoms with Gasteiger partial charge in [-0.15, -0.1) is 6.54 Å². The van der Waals surface area contributed by atoms with E-state index in [0.29, 0.717) is 12.0 Å². The normalized spacial score (nSPS) is 11.9. The third-order valence-corrected chi connectivity index (χ3v) is 2.45. The van der Waals surface area contributed by atoms with Gasteiger partial charge in [0.05, 0.1) is 0 Å². The van der Waals surface area contributed by atoms with Crippen LogP contribution in [-0.4, -0.2) is 22.2 Å². The fourth-order valence-corrected chi connectivity index (χ4v) is 1.55. The van der Waals surface area contributed by atoms with Gasteiger partial charge in [-0.05, 0) is 23.6 Å². The van der Waals surface area contributed by atoms with Crippen LogP contribution >= 0.6 is 0 Å². The second-order valence-corrected chi connectivity index (χ2v) is 4.45. The molecule has 0 fully saturated rings. The molecule has 104 valence electrons. The molecule has 4 nitrogen and oxygen atoms in total. The van der Waals surface area contributed by atoms with Crippen LogP contribution < -0.4 is 0 Å². The van der Waals surface area contributed by atoms with Crippen molar-refractivity contribution in [1.29, 1.82) is 0 Å². The standard InChI is InChI=1S/C13H18NO3.Cu/c1-9(2)7-11(13(16)17)14-8-10-5-3-4-6-12(10)15;/h3-6,9,11,15H,7-8H2,1-2H3,(H,16,17);/q-1;+1/t11-;/m0./s1. The zero-order valence-electron chi connectivity index (χ0n) is 10.4. The van der Waals surface area contributed by atoms with Gasteiger partial charge in [-0.2, -0.15) is 0 Å². The smallest absolute Gasteiger partial charge is 0.646 e. The van der Waals surface area contributed by atoms with E-state index in [0.717, 1.165) is 0 Å². The average Bonchev–Trinajstić information content (AvgIpc) is 2.25. The third-order valence-electron chi connectivity index (χ3n) is 2.45. The Labute approximate surface area is 118 Å². The Morgan fingerprint density at radius 2 is 1.94 bits per heavy atom. The number of rotatable bonds is 6. The van der Waals surface area contributed by atoms with Crippen molar-refractivity contribution in [3.05, 3.63) is 35.1 Å². The number of carboxylic acids is 1. The van der Waals surface area contributed by atoms with Crippen LogP contribution in [0.5, 0.6) is 5.75 Å². The number of phenols is 1. The molecule has 0 unspecified atom stereocenters. The number of aromatic hydroxyl groups is 1. The van der Waals surface area contributed by atoms with E-state index in [4.69, 9.17) is 5.11 Å². The van der Waals surface area contributed by atoms with Gasteiger partial charge < -0.3 is 15.5 Å². The number of aliphatic carboxylic acids is 1. The molecular formula is C13H18CuNO3. The molecule has 0 aliphatic heterocycles. The molecule has 0 aliphatic rings. The fraction of sp³-hybridized carbons (Fsp3) is 0.462. The van der Waals surface area contributed by atoms with Gasteiger partial charge in [0.2, 0.25) is 0 Å². The monoisotopic (exact) mass is 299 g/mol. The Bertz CT molecular complexity index is 382. The van der Waals surface area contributed by atoms with Crippen LogP contribution in [-0.2, 0) is 28.4 Å². The molecule has 18 heavy (non-hydrogen) atoms. The Balaban J connectivity index is 0.00000289. The SMILES string of the molecule is CC(C)C[C@H]([N-]Cc1ccccc1O)C(=O)O.[Cu+]. The summed E-state index contributed by atoms with van der Waals surface area (Å²) in [6, 6.07) is 6.13. The molecule has 1 aromatic rings. The molecular weight excluding hydrogens is 282 g/mol. The van der Waals surface area contributed by atoms with Crippen molar-refractivity contribution in [3.8, 4) is 5.75 Å². The maximum absolute atomic E-state index is 11.0. The molecule has 2 N–H and O–H groups in total. The van der Waals surface area contributed by atoms with Gasteiger partial charge in [0, 0.05) is 0 Å². The molecule has 0 bridgehead atoms. The molecule has 0 saturated carbocycles. The summed E-state index contributed by atoms with van der Waals surface area (Å²) in [7, 11) is 0. The number of hydrogen-bond acceptors (Lipinski definition) is 2. The first-order chi connectivity index (χ1) is 8.00. The van der Waals surface area contributed by atoms with Crippen molar-refractivity contribution >= 4 is 5.97 Å². The van der Waals surface area contributed by atoms with Crippen LogP contribution in [0, 0.1) is 5.92 Å². The Kier molecular flexibility index (Phi) is 7.67. The van der Waals surface area contributed by atoms with E-state index in [1.54, 1.807) is 24.3 Å². The Morgan fingerprint density at radius 3 is 2.44 bits per heavy atom. The van der Waals surface area contributed by atoms with Gasteiger partial charge in [-0.1, -0.05) is 38.5 Å². The molecule has 1 aromatic carbocycles. The van der Waals surface area contributed by atoms with Gasteiger partial charge in [0.1, 0.15) is 5.75 Å². The molecule has 0 radical (unpaired) electrons. The summed E-state index contributed by atoms with van der Waals surface area (Å²) >= 11 is 0. The van der Waals surface area contributed by atoms with Crippen molar-refractivity contribution in [2.75, 3.05) is 0 Å². The number of carbonyl (C=O) groups is 1. The van der Waals surface area contributed by atoms with Crippen LogP contribution in [0.2, 0.25) is 0 Å². The number of phenolic OH excluding ortho intramolecular Hbond substituents is 1. The Hall–Kier alpha value is -1.03. The molecule has 1 rings (SSSR count). The molecule has 0 aromatic heterocycles. The minimum atomic E-state index is -0.908. The summed E-state index contributed by atoms with van der Waals surface area (Å²) in [6.07, 6.45) is 0.517. The van der Waals surface area contributed by atoms with Gasteiger partial charge in [0.25, 0.3) is 5.97 Å². The predicted molar refractivity (Wildman–Crippen MR) is 66.0 cm³/mol. The van der Waals surface area contributed by atoms with Crippen LogP contribution in [0.3, 0.4) is 0 Å². The van der Waals surface area contributed by atoms with E-state index in [-0.39, 0.29) is 35.3 Å². The van der Waals surface area contributed by atoms with Crippen LogP contribution in [0.25, 0.3) is 5.32 Å². The van der Waals surface area contributed by atoms with Crippen LogP contribution in [0.15, 0.2) is 24.3 Å². The molecule has 0 amide bonds. The van der Waals surface area contributed by atoms with Gasteiger partial charge in [0.15, 0.2) is 0 Å². The third kappa shape index (κ3) is 5.54. The van der Waals surface area contributed by atoms with Crippen molar-refractivity contribution in [2.45, 2.75) is 32.9 Å². The van der Waals surface area contributed by atoms with Crippen molar-refractivity contribution in [3.63, 3.8) is 0 Å². The molecule has 0 aliphatic carbocycles. The fourth-order valence-electron chi connectivity index (χ4n) is 1.55. The minimum Gasteiger partial charge on any atom is -0.646 e. The summed E-state index contributed by atoms with van der Waals surface area (Å²) in [6.45, 7) is 4.16. The zero-order valence-corrected chi connectivity index (χ0v) is 11.4. The van der Waals surface area contributed by atoms with E-state index in [1.807, 2.05) is 13.8 Å². The van der Waals surface area contributed by atoms with Gasteiger partial charge in [-0.3, -0.25) is 4.79 Å². The van der Waals surface area contributed by atoms with Crippen LogP contribution in [0.4, 0.5) is 0 Å². The van der Waals surface area contributed by atoms with Crippen molar-refractivity contribution in [1.82, 2.24) is 0 Å². The summed E-state index contributed by atoms with van der Waals surface area (Å²) in [5.41, 5.74) is 0.655. The van der Waals surface area contributed by atoms with Gasteiger partial charge >= 0.3 is 17.1 Å². The van der Waals surface area contributed by atoms with Crippen molar-refractivity contribution < 1.29 is 32.1 Å². The number of carboxylic acid groups (broad SMARTS) is 1. The van der Waals surface area contributed by atoms with E-state index < -0.39 is 12.0 Å². The van der Waals surface area contributed by atoms with Gasteiger partial charge in [-0.25, -0.2) is 0 Å². The molecule has 0 saturated heterocycles. The molecule has 0 spiro atoms. The van der Waals surface area contributed by atoms with Crippen molar-refractivity contribution in [2.24, 2.45) is 5.92 Å². The molecule has 5 heteroatoms. The first-order valence-corrected chi connectivity index (χ1v) is 5.67. The van der Waals surface area contributed by atoms with E-state index in [2.05, 4.69) is 5.32 Å². The summed E-state index contributed by atoms with van der Waals surface area (Å²) in [5.74, 6) is -0.469. The largest absolute Gasteiger partial charge is 1.00 e. The van der Waals surface area contributed by atoms with E-state index in [1.165, 1.54) is 0 Å². The van der Waals surface area contributed by atoms with E-state index >= 15 is 0 Å². The number of hydrogen-bond donors (Lipinski definition) is 2.